The summed E-state index contributed by atoms with van der Waals surface area (Å²) in [5.74, 6) is 0.284. The molecule has 3 rings (SSSR count). The molecule has 31 heavy (non-hydrogen) atoms. The van der Waals surface area contributed by atoms with Crippen LogP contribution in [-0.2, 0) is 20.9 Å². The van der Waals surface area contributed by atoms with Gasteiger partial charge in [0.2, 0.25) is 17.7 Å². The Morgan fingerprint density at radius 1 is 1.03 bits per heavy atom. The molecule has 3 amide bonds. The van der Waals surface area contributed by atoms with E-state index in [1.807, 2.05) is 56.6 Å². The quantitative estimate of drug-likeness (QED) is 0.677. The molecule has 8 nitrogen and oxygen atoms in total. The zero-order valence-corrected chi connectivity index (χ0v) is 17.9. The highest BCUT2D eigenvalue weighted by Gasteiger charge is 2.23. The van der Waals surface area contributed by atoms with Gasteiger partial charge in [0, 0.05) is 25.1 Å². The van der Waals surface area contributed by atoms with Crippen LogP contribution in [0, 0.1) is 0 Å². The van der Waals surface area contributed by atoms with E-state index in [1.54, 1.807) is 15.9 Å². The molecule has 164 valence electrons. The van der Waals surface area contributed by atoms with Crippen molar-refractivity contribution in [3.8, 4) is 5.75 Å². The molecule has 0 fully saturated rings. The van der Waals surface area contributed by atoms with Gasteiger partial charge in [0.15, 0.2) is 0 Å². The molecule has 0 spiro atoms. The lowest BCUT2D eigenvalue weighted by Crippen LogP contribution is -2.38. The minimum atomic E-state index is -0.197. The highest BCUT2D eigenvalue weighted by molar-refractivity contribution is 5.97. The van der Waals surface area contributed by atoms with Crippen LogP contribution < -0.4 is 20.3 Å². The molecule has 0 aromatic heterocycles. The van der Waals surface area contributed by atoms with Crippen molar-refractivity contribution in [1.29, 1.82) is 0 Å². The number of fused-ring (bicyclic) bond motifs is 1. The Kier molecular flexibility index (Phi) is 7.61. The van der Waals surface area contributed by atoms with E-state index in [9.17, 15) is 14.4 Å². The molecule has 0 bridgehead atoms. The Labute approximate surface area is 182 Å². The van der Waals surface area contributed by atoms with Crippen molar-refractivity contribution in [2.45, 2.75) is 19.4 Å². The summed E-state index contributed by atoms with van der Waals surface area (Å²) in [7, 11) is 3.65. The van der Waals surface area contributed by atoms with Crippen LogP contribution in [0.4, 0.5) is 11.4 Å². The first-order valence-corrected chi connectivity index (χ1v) is 10.2. The van der Waals surface area contributed by atoms with E-state index >= 15 is 0 Å². The Bertz CT molecular complexity index is 945. The number of carbonyl (C=O) groups is 3. The third-order valence-electron chi connectivity index (χ3n) is 4.76. The van der Waals surface area contributed by atoms with Crippen LogP contribution in [-0.4, -0.2) is 56.4 Å². The standard InChI is InChI=1S/C23H28N4O4/c1-26(2)16-22(29)25-18-7-5-6-17(14-18)15-24-21(28)10-11-23(30)27-12-13-31-20-9-4-3-8-19(20)27/h3-9,14H,10-13,15-16H2,1-2H3,(H,24,28)(H,25,29). The highest BCUT2D eigenvalue weighted by Crippen LogP contribution is 2.31. The highest BCUT2D eigenvalue weighted by atomic mass is 16.5. The van der Waals surface area contributed by atoms with Gasteiger partial charge in [-0.1, -0.05) is 24.3 Å². The Morgan fingerprint density at radius 2 is 1.84 bits per heavy atom. The van der Waals surface area contributed by atoms with Crippen molar-refractivity contribution >= 4 is 29.1 Å². The van der Waals surface area contributed by atoms with Crippen LogP contribution >= 0.6 is 0 Å². The van der Waals surface area contributed by atoms with E-state index in [-0.39, 0.29) is 30.6 Å². The van der Waals surface area contributed by atoms with Crippen LogP contribution in [0.1, 0.15) is 18.4 Å². The molecule has 0 saturated heterocycles. The molecule has 0 saturated carbocycles. The lowest BCUT2D eigenvalue weighted by Gasteiger charge is -2.29. The molecule has 2 N–H and O–H groups in total. The number of likely N-dealkylation sites (N-methyl/N-ethyl adjacent to an activating group) is 1. The maximum atomic E-state index is 12.6. The molecule has 8 heteroatoms. The fourth-order valence-corrected chi connectivity index (χ4v) is 3.32. The second-order valence-corrected chi connectivity index (χ2v) is 7.62. The van der Waals surface area contributed by atoms with Crippen LogP contribution in [0.15, 0.2) is 48.5 Å². The lowest BCUT2D eigenvalue weighted by atomic mass is 10.1. The molecule has 2 aromatic carbocycles. The largest absolute Gasteiger partial charge is 0.490 e. The Hall–Kier alpha value is -3.39. The fraction of sp³-hybridized carbons (Fsp3) is 0.348. The number of amides is 3. The average Bonchev–Trinajstić information content (AvgIpc) is 2.75. The first kappa shape index (κ1) is 22.3. The number of para-hydroxylation sites is 2. The summed E-state index contributed by atoms with van der Waals surface area (Å²) in [6.45, 7) is 1.54. The van der Waals surface area contributed by atoms with E-state index in [2.05, 4.69) is 10.6 Å². The number of hydrogen-bond donors (Lipinski definition) is 2. The first-order valence-electron chi connectivity index (χ1n) is 10.2. The van der Waals surface area contributed by atoms with Crippen LogP contribution in [0.3, 0.4) is 0 Å². The Balaban J connectivity index is 1.46. The molecular formula is C23H28N4O4. The summed E-state index contributed by atoms with van der Waals surface area (Å²) < 4.78 is 5.57. The fourth-order valence-electron chi connectivity index (χ4n) is 3.32. The van der Waals surface area contributed by atoms with Gasteiger partial charge in [0.1, 0.15) is 12.4 Å². The molecule has 0 radical (unpaired) electrons. The van der Waals surface area contributed by atoms with Crippen molar-refractivity contribution < 1.29 is 19.1 Å². The van der Waals surface area contributed by atoms with E-state index in [0.717, 1.165) is 11.3 Å². The first-order chi connectivity index (χ1) is 14.9. The van der Waals surface area contributed by atoms with Gasteiger partial charge in [-0.3, -0.25) is 14.4 Å². The van der Waals surface area contributed by atoms with Gasteiger partial charge in [0.05, 0.1) is 18.8 Å². The SMILES string of the molecule is CN(C)CC(=O)Nc1cccc(CNC(=O)CCC(=O)N2CCOc3ccccc32)c1. The summed E-state index contributed by atoms with van der Waals surface area (Å²) in [5, 5.41) is 5.67. The van der Waals surface area contributed by atoms with Gasteiger partial charge in [-0.15, -0.1) is 0 Å². The molecule has 1 aliphatic rings. The number of nitrogens with one attached hydrogen (secondary N) is 2. The number of nitrogens with zero attached hydrogens (tertiary/aromatic N) is 2. The van der Waals surface area contributed by atoms with E-state index in [0.29, 0.717) is 37.7 Å². The van der Waals surface area contributed by atoms with Gasteiger partial charge in [0.25, 0.3) is 0 Å². The zero-order valence-electron chi connectivity index (χ0n) is 17.9. The average molecular weight is 425 g/mol. The number of anilines is 2. The molecule has 1 aliphatic heterocycles. The topological polar surface area (TPSA) is 91.0 Å². The summed E-state index contributed by atoms with van der Waals surface area (Å²) in [5.41, 5.74) is 2.29. The van der Waals surface area contributed by atoms with Crippen molar-refractivity contribution in [2.75, 3.05) is 44.0 Å². The van der Waals surface area contributed by atoms with E-state index < -0.39 is 0 Å². The monoisotopic (exact) mass is 424 g/mol. The smallest absolute Gasteiger partial charge is 0.238 e. The van der Waals surface area contributed by atoms with Crippen molar-refractivity contribution in [1.82, 2.24) is 10.2 Å². The van der Waals surface area contributed by atoms with Gasteiger partial charge in [-0.2, -0.15) is 0 Å². The normalized spacial score (nSPS) is 12.7. The second-order valence-electron chi connectivity index (χ2n) is 7.62. The van der Waals surface area contributed by atoms with Gasteiger partial charge < -0.3 is 25.2 Å². The van der Waals surface area contributed by atoms with Crippen LogP contribution in [0.5, 0.6) is 5.75 Å². The summed E-state index contributed by atoms with van der Waals surface area (Å²) >= 11 is 0. The summed E-state index contributed by atoms with van der Waals surface area (Å²) in [6.07, 6.45) is 0.235. The molecule has 0 aliphatic carbocycles. The van der Waals surface area contributed by atoms with Crippen LogP contribution in [0.25, 0.3) is 0 Å². The third-order valence-corrected chi connectivity index (χ3v) is 4.76. The number of benzene rings is 2. The zero-order chi connectivity index (χ0) is 22.2. The third kappa shape index (κ3) is 6.55. The molecule has 0 unspecified atom stereocenters. The second kappa shape index (κ2) is 10.6. The maximum Gasteiger partial charge on any atom is 0.238 e. The molecule has 1 heterocycles. The lowest BCUT2D eigenvalue weighted by molar-refractivity contribution is -0.125. The molecule has 0 atom stereocenters. The predicted octanol–water partition coefficient (Wildman–Crippen LogP) is 2.01. The number of carbonyl (C=O) groups excluding carboxylic acids is 3. The van der Waals surface area contributed by atoms with Crippen molar-refractivity contribution in [3.05, 3.63) is 54.1 Å². The summed E-state index contributed by atoms with van der Waals surface area (Å²) in [6, 6.07) is 14.7. The van der Waals surface area contributed by atoms with Crippen LogP contribution in [0.2, 0.25) is 0 Å². The van der Waals surface area contributed by atoms with E-state index in [1.165, 1.54) is 0 Å². The maximum absolute atomic E-state index is 12.6. The van der Waals surface area contributed by atoms with Gasteiger partial charge >= 0.3 is 0 Å². The van der Waals surface area contributed by atoms with E-state index in [4.69, 9.17) is 4.74 Å². The van der Waals surface area contributed by atoms with Gasteiger partial charge in [-0.25, -0.2) is 0 Å². The Morgan fingerprint density at radius 3 is 2.65 bits per heavy atom. The number of hydrogen-bond acceptors (Lipinski definition) is 5. The minimum absolute atomic E-state index is 0.100. The summed E-state index contributed by atoms with van der Waals surface area (Å²) in [4.78, 5) is 40.2. The number of rotatable bonds is 8. The van der Waals surface area contributed by atoms with Crippen molar-refractivity contribution in [2.24, 2.45) is 0 Å². The minimum Gasteiger partial charge on any atom is -0.490 e. The molecular weight excluding hydrogens is 396 g/mol. The predicted molar refractivity (Wildman–Crippen MR) is 119 cm³/mol. The number of ether oxygens (including phenoxy) is 1. The van der Waals surface area contributed by atoms with Gasteiger partial charge in [-0.05, 0) is 43.9 Å². The molecule has 2 aromatic rings. The van der Waals surface area contributed by atoms with Crippen molar-refractivity contribution in [3.63, 3.8) is 0 Å².